The Balaban J connectivity index is 2.30. The standard InChI is InChI=1S/C17H18N2O4/c1-4-5-19-11(21)7-9(3)13-15(19)17(23)14-12(16(13)22)8(2)6-10(20)18-14/h6-7,12,14H,4-5H2,1-3H3,(H,18,20). The minimum atomic E-state index is -0.920. The molecule has 1 aliphatic heterocycles. The van der Waals surface area contributed by atoms with E-state index in [9.17, 15) is 19.2 Å². The molecule has 1 aromatic rings. The number of carbonyl (C=O) groups excluding carboxylic acids is 3. The molecular weight excluding hydrogens is 296 g/mol. The number of ketones is 2. The molecule has 2 aliphatic rings. The summed E-state index contributed by atoms with van der Waals surface area (Å²) in [6.45, 7) is 5.61. The third-order valence-electron chi connectivity index (χ3n) is 4.48. The lowest BCUT2D eigenvalue weighted by Crippen LogP contribution is -2.56. The second-order valence-electron chi connectivity index (χ2n) is 6.12. The Morgan fingerprint density at radius 3 is 2.48 bits per heavy atom. The lowest BCUT2D eigenvalue weighted by molar-refractivity contribution is -0.117. The maximum absolute atomic E-state index is 12.9. The topological polar surface area (TPSA) is 85.2 Å². The van der Waals surface area contributed by atoms with E-state index in [1.807, 2.05) is 6.92 Å². The van der Waals surface area contributed by atoms with Crippen LogP contribution in [0.2, 0.25) is 0 Å². The highest BCUT2D eigenvalue weighted by atomic mass is 16.2. The zero-order chi connectivity index (χ0) is 16.9. The van der Waals surface area contributed by atoms with Crippen molar-refractivity contribution in [2.75, 3.05) is 0 Å². The predicted molar refractivity (Wildman–Crippen MR) is 83.6 cm³/mol. The molecule has 1 N–H and O–H groups in total. The van der Waals surface area contributed by atoms with E-state index in [0.29, 0.717) is 29.7 Å². The largest absolute Gasteiger partial charge is 0.341 e. The van der Waals surface area contributed by atoms with Crippen LogP contribution in [0.1, 0.15) is 46.7 Å². The SMILES string of the molecule is CCCn1c2c(c(C)cc1=O)C(=O)C1C(C)=CC(=O)NC1C2=O. The molecule has 0 aromatic carbocycles. The molecule has 2 unspecified atom stereocenters. The third kappa shape index (κ3) is 2.17. The fourth-order valence-electron chi connectivity index (χ4n) is 3.50. The number of aromatic nitrogens is 1. The minimum absolute atomic E-state index is 0.137. The number of fused-ring (bicyclic) bond motifs is 2. The summed E-state index contributed by atoms with van der Waals surface area (Å²) in [5.41, 5.74) is 1.25. The summed E-state index contributed by atoms with van der Waals surface area (Å²) in [5, 5.41) is 2.58. The number of pyridine rings is 1. The van der Waals surface area contributed by atoms with Gasteiger partial charge in [0, 0.05) is 24.3 Å². The van der Waals surface area contributed by atoms with Crippen LogP contribution in [-0.2, 0) is 11.3 Å². The molecule has 120 valence electrons. The van der Waals surface area contributed by atoms with Crippen LogP contribution in [0.15, 0.2) is 22.5 Å². The van der Waals surface area contributed by atoms with E-state index in [2.05, 4.69) is 5.32 Å². The molecule has 0 saturated heterocycles. The summed E-state index contributed by atoms with van der Waals surface area (Å²) in [7, 11) is 0. The van der Waals surface area contributed by atoms with Crippen LogP contribution in [0.25, 0.3) is 0 Å². The number of carbonyl (C=O) groups is 3. The van der Waals surface area contributed by atoms with Crippen LogP contribution in [0.5, 0.6) is 0 Å². The van der Waals surface area contributed by atoms with E-state index < -0.39 is 12.0 Å². The summed E-state index contributed by atoms with van der Waals surface area (Å²) < 4.78 is 1.36. The molecule has 23 heavy (non-hydrogen) atoms. The lowest BCUT2D eigenvalue weighted by Gasteiger charge is -2.35. The average molecular weight is 314 g/mol. The minimum Gasteiger partial charge on any atom is -0.341 e. The number of Topliss-reactive ketones (excluding diaryl/α,β-unsaturated/α-hetero) is 2. The fourth-order valence-corrected chi connectivity index (χ4v) is 3.50. The van der Waals surface area contributed by atoms with Crippen molar-refractivity contribution >= 4 is 17.5 Å². The Labute approximate surface area is 133 Å². The number of nitrogens with zero attached hydrogens (tertiary/aromatic N) is 1. The van der Waals surface area contributed by atoms with Crippen molar-refractivity contribution in [1.29, 1.82) is 0 Å². The molecule has 0 bridgehead atoms. The van der Waals surface area contributed by atoms with Crippen molar-refractivity contribution in [3.05, 3.63) is 44.9 Å². The second-order valence-corrected chi connectivity index (χ2v) is 6.12. The van der Waals surface area contributed by atoms with Gasteiger partial charge >= 0.3 is 0 Å². The zero-order valence-electron chi connectivity index (χ0n) is 13.3. The first kappa shape index (κ1) is 15.4. The lowest BCUT2D eigenvalue weighted by atomic mass is 9.74. The van der Waals surface area contributed by atoms with Crippen LogP contribution in [0.3, 0.4) is 0 Å². The molecule has 1 aromatic heterocycles. The van der Waals surface area contributed by atoms with Gasteiger partial charge in [0.15, 0.2) is 5.78 Å². The van der Waals surface area contributed by atoms with Crippen molar-refractivity contribution < 1.29 is 14.4 Å². The molecule has 0 saturated carbocycles. The molecule has 1 aliphatic carbocycles. The number of amides is 1. The maximum atomic E-state index is 12.9. The van der Waals surface area contributed by atoms with E-state index >= 15 is 0 Å². The van der Waals surface area contributed by atoms with Gasteiger partial charge in [-0.15, -0.1) is 0 Å². The molecule has 6 nitrogen and oxygen atoms in total. The smallest absolute Gasteiger partial charge is 0.251 e. The fraction of sp³-hybridized carbons (Fsp3) is 0.412. The van der Waals surface area contributed by atoms with Gasteiger partial charge in [-0.1, -0.05) is 12.5 Å². The molecule has 3 rings (SSSR count). The maximum Gasteiger partial charge on any atom is 0.251 e. The molecule has 6 heteroatoms. The van der Waals surface area contributed by atoms with Gasteiger partial charge in [0.25, 0.3) is 5.56 Å². The number of aryl methyl sites for hydroxylation is 1. The number of nitrogens with one attached hydrogen (secondary N) is 1. The van der Waals surface area contributed by atoms with Crippen LogP contribution < -0.4 is 10.9 Å². The normalized spacial score (nSPS) is 23.1. The van der Waals surface area contributed by atoms with Crippen molar-refractivity contribution in [3.63, 3.8) is 0 Å². The van der Waals surface area contributed by atoms with Gasteiger partial charge in [0.05, 0.1) is 5.92 Å². The average Bonchev–Trinajstić information content (AvgIpc) is 2.46. The number of hydrogen-bond acceptors (Lipinski definition) is 4. The summed E-state index contributed by atoms with van der Waals surface area (Å²) in [5.74, 6) is -1.63. The Bertz CT molecular complexity index is 832. The first-order valence-corrected chi connectivity index (χ1v) is 7.68. The van der Waals surface area contributed by atoms with Crippen molar-refractivity contribution in [2.45, 2.75) is 39.8 Å². The first-order chi connectivity index (χ1) is 10.9. The van der Waals surface area contributed by atoms with Crippen LogP contribution >= 0.6 is 0 Å². The van der Waals surface area contributed by atoms with Crippen LogP contribution in [0, 0.1) is 12.8 Å². The summed E-state index contributed by atoms with van der Waals surface area (Å²) >= 11 is 0. The zero-order valence-corrected chi connectivity index (χ0v) is 13.3. The molecule has 1 amide bonds. The van der Waals surface area contributed by atoms with Crippen LogP contribution in [0.4, 0.5) is 0 Å². The summed E-state index contributed by atoms with van der Waals surface area (Å²) in [6.07, 6.45) is 2.02. The Hall–Kier alpha value is -2.50. The van der Waals surface area contributed by atoms with Crippen molar-refractivity contribution in [3.8, 4) is 0 Å². The monoisotopic (exact) mass is 314 g/mol. The molecule has 0 spiro atoms. The van der Waals surface area contributed by atoms with E-state index in [1.54, 1.807) is 13.8 Å². The van der Waals surface area contributed by atoms with E-state index in [-0.39, 0.29) is 28.7 Å². The van der Waals surface area contributed by atoms with E-state index in [4.69, 9.17) is 0 Å². The predicted octanol–water partition coefficient (Wildman–Crippen LogP) is 1.01. The van der Waals surface area contributed by atoms with Gasteiger partial charge < -0.3 is 9.88 Å². The highest BCUT2D eigenvalue weighted by Crippen LogP contribution is 2.33. The van der Waals surface area contributed by atoms with Crippen molar-refractivity contribution in [2.24, 2.45) is 5.92 Å². The molecule has 2 heterocycles. The van der Waals surface area contributed by atoms with Gasteiger partial charge in [-0.2, -0.15) is 0 Å². The number of hydrogen-bond donors (Lipinski definition) is 1. The summed E-state index contributed by atoms with van der Waals surface area (Å²) in [6, 6.07) is 0.484. The highest BCUT2D eigenvalue weighted by molar-refractivity contribution is 6.20. The van der Waals surface area contributed by atoms with Crippen LogP contribution in [-0.4, -0.2) is 28.1 Å². The molecule has 0 fully saturated rings. The van der Waals surface area contributed by atoms with Gasteiger partial charge in [-0.05, 0) is 25.8 Å². The van der Waals surface area contributed by atoms with Crippen molar-refractivity contribution in [1.82, 2.24) is 9.88 Å². The Kier molecular flexibility index (Phi) is 3.55. The summed E-state index contributed by atoms with van der Waals surface area (Å²) in [4.78, 5) is 49.8. The van der Waals surface area contributed by atoms with E-state index in [1.165, 1.54) is 16.7 Å². The molecular formula is C17H18N2O4. The molecule has 0 radical (unpaired) electrons. The quantitative estimate of drug-likeness (QED) is 0.882. The Morgan fingerprint density at radius 2 is 1.83 bits per heavy atom. The number of rotatable bonds is 2. The van der Waals surface area contributed by atoms with Gasteiger partial charge in [0.2, 0.25) is 11.7 Å². The van der Waals surface area contributed by atoms with Gasteiger partial charge in [0.1, 0.15) is 11.7 Å². The third-order valence-corrected chi connectivity index (χ3v) is 4.48. The van der Waals surface area contributed by atoms with Gasteiger partial charge in [-0.25, -0.2) is 0 Å². The highest BCUT2D eigenvalue weighted by Gasteiger charge is 2.46. The second kappa shape index (κ2) is 5.30. The van der Waals surface area contributed by atoms with E-state index in [0.717, 1.165) is 0 Å². The first-order valence-electron chi connectivity index (χ1n) is 7.68. The van der Waals surface area contributed by atoms with Gasteiger partial charge in [-0.3, -0.25) is 19.2 Å². The Morgan fingerprint density at radius 1 is 1.13 bits per heavy atom. The molecule has 2 atom stereocenters.